The van der Waals surface area contributed by atoms with E-state index in [0.29, 0.717) is 12.2 Å². The summed E-state index contributed by atoms with van der Waals surface area (Å²) in [5.74, 6) is 0.724. The second-order valence-corrected chi connectivity index (χ2v) is 5.40. The average molecular weight is 336 g/mol. The fourth-order valence-electron chi connectivity index (χ4n) is 1.90. The van der Waals surface area contributed by atoms with Crippen LogP contribution in [0.3, 0.4) is 0 Å². The molecule has 0 N–H and O–H groups in total. The smallest absolute Gasteiger partial charge is 0.272 e. The number of hydrogen-bond donors (Lipinski definition) is 0. The second-order valence-electron chi connectivity index (χ2n) is 4.54. The van der Waals surface area contributed by atoms with Crippen molar-refractivity contribution in [3.8, 4) is 5.75 Å². The fraction of sp³-hybridized carbons (Fsp3) is 0.200. The van der Waals surface area contributed by atoms with Crippen LogP contribution in [0.2, 0.25) is 0 Å². The average Bonchev–Trinajstić information content (AvgIpc) is 2.39. The lowest BCUT2D eigenvalue weighted by atomic mass is 10.1. The Morgan fingerprint density at radius 1 is 1.25 bits per heavy atom. The van der Waals surface area contributed by atoms with Gasteiger partial charge in [0.05, 0.1) is 9.40 Å². The number of aryl methyl sites for hydroxylation is 1. The van der Waals surface area contributed by atoms with Crippen LogP contribution in [0, 0.1) is 24.0 Å². The highest BCUT2D eigenvalue weighted by atomic mass is 79.9. The molecular formula is C15H14BrNO3. The van der Waals surface area contributed by atoms with Gasteiger partial charge in [0, 0.05) is 11.6 Å². The zero-order chi connectivity index (χ0) is 14.7. The molecule has 0 amide bonds. The number of hydrogen-bond acceptors (Lipinski definition) is 3. The zero-order valence-electron chi connectivity index (χ0n) is 11.2. The SMILES string of the molecule is Cc1ccc(OCc2cccc([N+](=O)[O-])c2C)c(Br)c1. The number of ether oxygens (including phenoxy) is 1. The molecule has 2 aromatic rings. The number of benzene rings is 2. The third-order valence-corrected chi connectivity index (χ3v) is 3.70. The number of rotatable bonds is 4. The summed E-state index contributed by atoms with van der Waals surface area (Å²) < 4.78 is 6.60. The Kier molecular flexibility index (Phi) is 4.39. The predicted molar refractivity (Wildman–Crippen MR) is 81.0 cm³/mol. The largest absolute Gasteiger partial charge is 0.488 e. The van der Waals surface area contributed by atoms with E-state index in [4.69, 9.17) is 4.74 Å². The first-order valence-electron chi connectivity index (χ1n) is 6.11. The van der Waals surface area contributed by atoms with Crippen LogP contribution in [0.15, 0.2) is 40.9 Å². The van der Waals surface area contributed by atoms with Crippen molar-refractivity contribution in [1.82, 2.24) is 0 Å². The minimum atomic E-state index is -0.374. The van der Waals surface area contributed by atoms with Crippen molar-refractivity contribution in [3.05, 3.63) is 67.7 Å². The van der Waals surface area contributed by atoms with E-state index in [0.717, 1.165) is 21.3 Å². The Bertz CT molecular complexity index is 656. The Labute approximate surface area is 125 Å². The van der Waals surface area contributed by atoms with E-state index in [9.17, 15) is 10.1 Å². The normalized spacial score (nSPS) is 10.3. The van der Waals surface area contributed by atoms with Gasteiger partial charge < -0.3 is 4.74 Å². The molecule has 4 nitrogen and oxygen atoms in total. The van der Waals surface area contributed by atoms with Gasteiger partial charge in [-0.1, -0.05) is 18.2 Å². The molecular weight excluding hydrogens is 322 g/mol. The molecule has 0 heterocycles. The molecule has 0 aliphatic heterocycles. The van der Waals surface area contributed by atoms with Crippen LogP contribution in [-0.4, -0.2) is 4.92 Å². The molecule has 0 unspecified atom stereocenters. The first-order valence-corrected chi connectivity index (χ1v) is 6.90. The lowest BCUT2D eigenvalue weighted by molar-refractivity contribution is -0.385. The predicted octanol–water partition coefficient (Wildman–Crippen LogP) is 4.55. The molecule has 20 heavy (non-hydrogen) atoms. The van der Waals surface area contributed by atoms with Crippen molar-refractivity contribution in [2.24, 2.45) is 0 Å². The molecule has 0 aliphatic rings. The molecule has 5 heteroatoms. The Morgan fingerprint density at radius 3 is 2.65 bits per heavy atom. The van der Waals surface area contributed by atoms with Gasteiger partial charge >= 0.3 is 0 Å². The van der Waals surface area contributed by atoms with E-state index in [1.165, 1.54) is 6.07 Å². The Balaban J connectivity index is 2.19. The highest BCUT2D eigenvalue weighted by Crippen LogP contribution is 2.28. The molecule has 0 spiro atoms. The monoisotopic (exact) mass is 335 g/mol. The summed E-state index contributed by atoms with van der Waals surface area (Å²) in [6.07, 6.45) is 0. The van der Waals surface area contributed by atoms with Gasteiger partial charge in [0.15, 0.2) is 0 Å². The molecule has 0 aliphatic carbocycles. The van der Waals surface area contributed by atoms with Gasteiger partial charge in [0.2, 0.25) is 0 Å². The summed E-state index contributed by atoms with van der Waals surface area (Å²) in [6, 6.07) is 10.8. The topological polar surface area (TPSA) is 52.4 Å². The summed E-state index contributed by atoms with van der Waals surface area (Å²) in [5, 5.41) is 10.9. The highest BCUT2D eigenvalue weighted by Gasteiger charge is 2.13. The van der Waals surface area contributed by atoms with Crippen LogP contribution in [0.5, 0.6) is 5.75 Å². The van der Waals surface area contributed by atoms with Crippen molar-refractivity contribution < 1.29 is 9.66 Å². The van der Waals surface area contributed by atoms with Gasteiger partial charge in [-0.05, 0) is 53.0 Å². The first kappa shape index (κ1) is 14.5. The molecule has 2 rings (SSSR count). The van der Waals surface area contributed by atoms with Gasteiger partial charge in [-0.2, -0.15) is 0 Å². The summed E-state index contributed by atoms with van der Waals surface area (Å²) in [6.45, 7) is 4.04. The quantitative estimate of drug-likeness (QED) is 0.608. The minimum absolute atomic E-state index is 0.120. The summed E-state index contributed by atoms with van der Waals surface area (Å²) in [5.41, 5.74) is 2.71. The molecule has 0 atom stereocenters. The summed E-state index contributed by atoms with van der Waals surface area (Å²) in [4.78, 5) is 10.5. The van der Waals surface area contributed by atoms with Crippen LogP contribution in [-0.2, 0) is 6.61 Å². The van der Waals surface area contributed by atoms with Gasteiger partial charge in [-0.25, -0.2) is 0 Å². The third kappa shape index (κ3) is 3.17. The number of nitro benzene ring substituents is 1. The molecule has 2 aromatic carbocycles. The molecule has 0 saturated heterocycles. The van der Waals surface area contributed by atoms with Crippen molar-refractivity contribution in [2.45, 2.75) is 20.5 Å². The van der Waals surface area contributed by atoms with E-state index in [2.05, 4.69) is 15.9 Å². The van der Waals surface area contributed by atoms with Crippen LogP contribution in [0.25, 0.3) is 0 Å². The Morgan fingerprint density at radius 2 is 2.00 bits per heavy atom. The second kappa shape index (κ2) is 6.05. The van der Waals surface area contributed by atoms with E-state index in [1.54, 1.807) is 13.0 Å². The minimum Gasteiger partial charge on any atom is -0.488 e. The van der Waals surface area contributed by atoms with Gasteiger partial charge in [0.1, 0.15) is 12.4 Å². The van der Waals surface area contributed by atoms with Crippen LogP contribution in [0.4, 0.5) is 5.69 Å². The van der Waals surface area contributed by atoms with Gasteiger partial charge in [-0.15, -0.1) is 0 Å². The fourth-order valence-corrected chi connectivity index (χ4v) is 2.51. The van der Waals surface area contributed by atoms with Crippen molar-refractivity contribution in [3.63, 3.8) is 0 Å². The lowest BCUT2D eigenvalue weighted by Crippen LogP contribution is -2.01. The first-order chi connectivity index (χ1) is 9.49. The van der Waals surface area contributed by atoms with Crippen molar-refractivity contribution in [2.75, 3.05) is 0 Å². The van der Waals surface area contributed by atoms with Crippen LogP contribution in [0.1, 0.15) is 16.7 Å². The molecule has 104 valence electrons. The van der Waals surface area contributed by atoms with E-state index < -0.39 is 0 Å². The van der Waals surface area contributed by atoms with Crippen molar-refractivity contribution in [1.29, 1.82) is 0 Å². The maximum absolute atomic E-state index is 10.9. The van der Waals surface area contributed by atoms with E-state index in [-0.39, 0.29) is 10.6 Å². The zero-order valence-corrected chi connectivity index (χ0v) is 12.8. The number of halogens is 1. The van der Waals surface area contributed by atoms with Crippen molar-refractivity contribution >= 4 is 21.6 Å². The van der Waals surface area contributed by atoms with Gasteiger partial charge in [0.25, 0.3) is 5.69 Å². The summed E-state index contributed by atoms with van der Waals surface area (Å²) >= 11 is 3.44. The molecule has 0 saturated carbocycles. The number of nitro groups is 1. The summed E-state index contributed by atoms with van der Waals surface area (Å²) in [7, 11) is 0. The maximum atomic E-state index is 10.9. The standard InChI is InChI=1S/C15H14BrNO3/c1-10-6-7-15(13(16)8-10)20-9-12-4-3-5-14(11(12)2)17(18)19/h3-8H,9H2,1-2H3. The molecule has 0 aromatic heterocycles. The van der Waals surface area contributed by atoms with Gasteiger partial charge in [-0.3, -0.25) is 10.1 Å². The third-order valence-electron chi connectivity index (χ3n) is 3.08. The molecule has 0 bridgehead atoms. The maximum Gasteiger partial charge on any atom is 0.272 e. The van der Waals surface area contributed by atoms with Crippen LogP contribution < -0.4 is 4.74 Å². The Hall–Kier alpha value is -1.88. The highest BCUT2D eigenvalue weighted by molar-refractivity contribution is 9.10. The molecule has 0 radical (unpaired) electrons. The lowest BCUT2D eigenvalue weighted by Gasteiger charge is -2.10. The van der Waals surface area contributed by atoms with E-state index in [1.807, 2.05) is 31.2 Å². The molecule has 0 fully saturated rings. The van der Waals surface area contributed by atoms with E-state index >= 15 is 0 Å². The van der Waals surface area contributed by atoms with Crippen LogP contribution >= 0.6 is 15.9 Å². The number of nitrogens with zero attached hydrogens (tertiary/aromatic N) is 1.